The van der Waals surface area contributed by atoms with Crippen molar-refractivity contribution in [3.05, 3.63) is 17.8 Å². The quantitative estimate of drug-likeness (QED) is 0.853. The zero-order valence-corrected chi connectivity index (χ0v) is 9.94. The summed E-state index contributed by atoms with van der Waals surface area (Å²) in [6.45, 7) is 0. The molecule has 1 saturated heterocycles. The number of aliphatic carboxylic acids is 1. The fraction of sp³-hybridized carbons (Fsp3) is 0.600. The van der Waals surface area contributed by atoms with Gasteiger partial charge in [-0.05, 0) is 12.8 Å². The molecule has 1 aromatic rings. The Labute approximate surface area is 98.6 Å². The van der Waals surface area contributed by atoms with Crippen LogP contribution in [0.1, 0.15) is 30.3 Å². The number of carboxylic acid groups (broad SMARTS) is 1. The van der Waals surface area contributed by atoms with E-state index in [1.807, 2.05) is 0 Å². The Hall–Kier alpha value is -1.37. The van der Waals surface area contributed by atoms with Crippen molar-refractivity contribution in [2.24, 2.45) is 0 Å². The monoisotopic (exact) mass is 259 g/mol. The van der Waals surface area contributed by atoms with E-state index in [1.165, 1.54) is 6.26 Å². The molecule has 0 radical (unpaired) electrons. The van der Waals surface area contributed by atoms with E-state index < -0.39 is 15.8 Å². The minimum Gasteiger partial charge on any atom is -0.481 e. The number of aromatic nitrogens is 1. The van der Waals surface area contributed by atoms with Gasteiger partial charge in [-0.25, -0.2) is 13.4 Å². The molecule has 2 rings (SSSR count). The predicted octanol–water partition coefficient (Wildman–Crippen LogP) is 0.594. The van der Waals surface area contributed by atoms with Gasteiger partial charge in [0, 0.05) is 5.92 Å². The van der Waals surface area contributed by atoms with Crippen LogP contribution >= 0.6 is 0 Å². The first-order valence-electron chi connectivity index (χ1n) is 5.33. The zero-order chi connectivity index (χ0) is 12.5. The van der Waals surface area contributed by atoms with E-state index in [0.29, 0.717) is 24.4 Å². The zero-order valence-electron chi connectivity index (χ0n) is 9.13. The molecule has 94 valence electrons. The first-order chi connectivity index (χ1) is 7.96. The maximum Gasteiger partial charge on any atom is 0.309 e. The predicted molar refractivity (Wildman–Crippen MR) is 58.5 cm³/mol. The average molecular weight is 259 g/mol. The van der Waals surface area contributed by atoms with Crippen LogP contribution in [0.15, 0.2) is 10.7 Å². The summed E-state index contributed by atoms with van der Waals surface area (Å²) in [6.07, 6.45) is 2.39. The third-order valence-electron chi connectivity index (χ3n) is 2.71. The summed E-state index contributed by atoms with van der Waals surface area (Å²) in [6, 6.07) is 0. The molecule has 1 N–H and O–H groups in total. The molecule has 0 aliphatic carbocycles. The van der Waals surface area contributed by atoms with Crippen molar-refractivity contribution in [3.8, 4) is 0 Å². The fourth-order valence-electron chi connectivity index (χ4n) is 1.96. The first kappa shape index (κ1) is 12.1. The van der Waals surface area contributed by atoms with E-state index in [-0.39, 0.29) is 23.8 Å². The molecule has 0 amide bonds. The van der Waals surface area contributed by atoms with Gasteiger partial charge >= 0.3 is 5.97 Å². The molecular weight excluding hydrogens is 246 g/mol. The minimum atomic E-state index is -3.01. The van der Waals surface area contributed by atoms with E-state index in [0.717, 1.165) is 0 Å². The van der Waals surface area contributed by atoms with Crippen LogP contribution in [0, 0.1) is 0 Å². The lowest BCUT2D eigenvalue weighted by Gasteiger charge is -2.18. The Balaban J connectivity index is 2.12. The van der Waals surface area contributed by atoms with Gasteiger partial charge in [0.1, 0.15) is 6.26 Å². The third-order valence-corrected chi connectivity index (χ3v) is 4.54. The second kappa shape index (κ2) is 4.48. The van der Waals surface area contributed by atoms with Crippen molar-refractivity contribution in [1.29, 1.82) is 0 Å². The summed E-state index contributed by atoms with van der Waals surface area (Å²) in [7, 11) is -3.01. The SMILES string of the molecule is O=C(O)Cc1coc(C2CCCS(=O)(=O)C2)n1. The molecule has 0 spiro atoms. The van der Waals surface area contributed by atoms with Crippen molar-refractivity contribution >= 4 is 15.8 Å². The Bertz CT molecular complexity index is 519. The highest BCUT2D eigenvalue weighted by molar-refractivity contribution is 7.91. The number of sulfone groups is 1. The van der Waals surface area contributed by atoms with E-state index in [9.17, 15) is 13.2 Å². The van der Waals surface area contributed by atoms with Crippen LogP contribution in [0.5, 0.6) is 0 Å². The highest BCUT2D eigenvalue weighted by Gasteiger charge is 2.29. The molecule has 1 unspecified atom stereocenters. The Morgan fingerprint density at radius 2 is 2.35 bits per heavy atom. The number of nitrogens with zero attached hydrogens (tertiary/aromatic N) is 1. The summed E-state index contributed by atoms with van der Waals surface area (Å²) < 4.78 is 28.1. The molecule has 17 heavy (non-hydrogen) atoms. The summed E-state index contributed by atoms with van der Waals surface area (Å²) in [5.41, 5.74) is 0.329. The van der Waals surface area contributed by atoms with E-state index >= 15 is 0 Å². The molecule has 0 aromatic carbocycles. The van der Waals surface area contributed by atoms with Gasteiger partial charge < -0.3 is 9.52 Å². The molecule has 2 heterocycles. The van der Waals surface area contributed by atoms with Crippen LogP contribution in [0.4, 0.5) is 0 Å². The van der Waals surface area contributed by atoms with Gasteiger partial charge in [-0.2, -0.15) is 0 Å². The normalized spacial score (nSPS) is 23.4. The number of rotatable bonds is 3. The smallest absolute Gasteiger partial charge is 0.309 e. The number of carboxylic acids is 1. The topological polar surface area (TPSA) is 97.5 Å². The maximum absolute atomic E-state index is 11.5. The van der Waals surface area contributed by atoms with Crippen LogP contribution in [0.25, 0.3) is 0 Å². The third kappa shape index (κ3) is 3.06. The van der Waals surface area contributed by atoms with Crippen molar-refractivity contribution in [2.45, 2.75) is 25.2 Å². The van der Waals surface area contributed by atoms with Crippen molar-refractivity contribution < 1.29 is 22.7 Å². The highest BCUT2D eigenvalue weighted by atomic mass is 32.2. The van der Waals surface area contributed by atoms with Gasteiger partial charge in [0.15, 0.2) is 15.7 Å². The second-order valence-electron chi connectivity index (χ2n) is 4.20. The van der Waals surface area contributed by atoms with Gasteiger partial charge in [0.25, 0.3) is 0 Å². The molecule has 1 aliphatic rings. The van der Waals surface area contributed by atoms with E-state index in [4.69, 9.17) is 9.52 Å². The highest BCUT2D eigenvalue weighted by Crippen LogP contribution is 2.27. The van der Waals surface area contributed by atoms with Gasteiger partial charge in [-0.3, -0.25) is 4.79 Å². The Morgan fingerprint density at radius 3 is 3.00 bits per heavy atom. The van der Waals surface area contributed by atoms with Gasteiger partial charge in [0.05, 0.1) is 23.6 Å². The van der Waals surface area contributed by atoms with E-state index in [2.05, 4.69) is 4.98 Å². The number of hydrogen-bond donors (Lipinski definition) is 1. The van der Waals surface area contributed by atoms with Crippen LogP contribution < -0.4 is 0 Å². The Kier molecular flexibility index (Phi) is 3.19. The lowest BCUT2D eigenvalue weighted by molar-refractivity contribution is -0.136. The lowest BCUT2D eigenvalue weighted by atomic mass is 10.1. The minimum absolute atomic E-state index is 0.0417. The molecule has 1 aliphatic heterocycles. The molecule has 7 heteroatoms. The van der Waals surface area contributed by atoms with Crippen LogP contribution in [0.3, 0.4) is 0 Å². The van der Waals surface area contributed by atoms with Crippen LogP contribution in [0.2, 0.25) is 0 Å². The van der Waals surface area contributed by atoms with Gasteiger partial charge in [-0.15, -0.1) is 0 Å². The van der Waals surface area contributed by atoms with Gasteiger partial charge in [-0.1, -0.05) is 0 Å². The molecule has 0 saturated carbocycles. The Morgan fingerprint density at radius 1 is 1.59 bits per heavy atom. The van der Waals surface area contributed by atoms with E-state index in [1.54, 1.807) is 0 Å². The molecular formula is C10H13NO5S. The number of oxazole rings is 1. The first-order valence-corrected chi connectivity index (χ1v) is 7.15. The van der Waals surface area contributed by atoms with Crippen LogP contribution in [-0.4, -0.2) is 36.0 Å². The summed E-state index contributed by atoms with van der Waals surface area (Å²) >= 11 is 0. The molecule has 1 fully saturated rings. The van der Waals surface area contributed by atoms with Crippen molar-refractivity contribution in [2.75, 3.05) is 11.5 Å². The lowest BCUT2D eigenvalue weighted by Crippen LogP contribution is -2.23. The summed E-state index contributed by atoms with van der Waals surface area (Å²) in [4.78, 5) is 14.5. The average Bonchev–Trinajstić information content (AvgIpc) is 2.63. The van der Waals surface area contributed by atoms with Crippen molar-refractivity contribution in [1.82, 2.24) is 4.98 Å². The summed E-state index contributed by atoms with van der Waals surface area (Å²) in [5, 5.41) is 8.59. The van der Waals surface area contributed by atoms with Crippen molar-refractivity contribution in [3.63, 3.8) is 0 Å². The molecule has 6 nitrogen and oxygen atoms in total. The van der Waals surface area contributed by atoms with Crippen LogP contribution in [-0.2, 0) is 21.1 Å². The standard InChI is InChI=1S/C10H13NO5S/c12-9(13)4-8-5-16-10(11-8)7-2-1-3-17(14,15)6-7/h5,7H,1-4,6H2,(H,12,13). The largest absolute Gasteiger partial charge is 0.481 e. The number of carbonyl (C=O) groups is 1. The number of hydrogen-bond acceptors (Lipinski definition) is 5. The van der Waals surface area contributed by atoms with Gasteiger partial charge in [0.2, 0.25) is 0 Å². The molecule has 1 aromatic heterocycles. The molecule has 0 bridgehead atoms. The maximum atomic E-state index is 11.5. The fourth-order valence-corrected chi connectivity index (χ4v) is 3.66. The second-order valence-corrected chi connectivity index (χ2v) is 6.43. The molecule has 1 atom stereocenters. The summed E-state index contributed by atoms with van der Waals surface area (Å²) in [5.74, 6) is -0.631.